The average Bonchev–Trinajstić information content (AvgIpc) is 1.43. The van der Waals surface area contributed by atoms with Crippen molar-refractivity contribution in [2.24, 2.45) is 46.4 Å². The Labute approximate surface area is 544 Å². The van der Waals surface area contributed by atoms with Gasteiger partial charge in [-0.3, -0.25) is 53.4 Å². The van der Waals surface area contributed by atoms with Gasteiger partial charge in [0.15, 0.2) is 5.78 Å². The number of nitrogens with zero attached hydrogens (tertiary/aromatic N) is 7. The highest BCUT2D eigenvalue weighted by Crippen LogP contribution is 2.30. The molecule has 27 heteroatoms. The SMILES string of the molecule is CCC(CC)[C@H](NC(=O)CCC(=O)N1CCC(C(=O)O)CC1)C(=O)CNC(/C=C/CCNC(N)=O)C(=O)Nc1ccc(C[C@@H](CN=[N+]=[N-])NC(=O)[C@H](C)[C@@H](OC)[C@@H]2CCCN2C(=O)C[C@@H](OC)C([C@@H](C)CC)N(C)C(=O)[C@@H](NC(=O)[C@H](C(C)C)N(C)C)C(C)C)cc1. The van der Waals surface area contributed by atoms with Crippen molar-refractivity contribution in [3.8, 4) is 0 Å². The molecule has 9 amide bonds. The van der Waals surface area contributed by atoms with Gasteiger partial charge < -0.3 is 61.6 Å². The number of carboxylic acid groups (broad SMARTS) is 1. The van der Waals surface area contributed by atoms with Gasteiger partial charge in [0.2, 0.25) is 41.4 Å². The van der Waals surface area contributed by atoms with Crippen LogP contribution in [0.2, 0.25) is 0 Å². The Kier molecular flexibility index (Phi) is 34.4. The van der Waals surface area contributed by atoms with Crippen LogP contribution >= 0.6 is 0 Å². The Hall–Kier alpha value is -7.19. The van der Waals surface area contributed by atoms with Crippen molar-refractivity contribution in [3.63, 3.8) is 0 Å². The second-order valence-electron chi connectivity index (χ2n) is 25.4. The van der Waals surface area contributed by atoms with E-state index in [1.807, 2.05) is 74.4 Å². The molecule has 0 aromatic heterocycles. The number of azide groups is 1. The predicted molar refractivity (Wildman–Crippen MR) is 350 cm³/mol. The van der Waals surface area contributed by atoms with Crippen molar-refractivity contribution in [2.75, 3.05) is 79.9 Å². The first-order chi connectivity index (χ1) is 43.6. The van der Waals surface area contributed by atoms with Crippen LogP contribution in [0, 0.1) is 35.5 Å². The minimum atomic E-state index is -1.07. The number of nitrogens with one attached hydrogen (secondary N) is 6. The lowest BCUT2D eigenvalue weighted by molar-refractivity contribution is -0.148. The number of anilines is 1. The lowest BCUT2D eigenvalue weighted by atomic mass is 9.89. The number of piperidine rings is 1. The van der Waals surface area contributed by atoms with E-state index in [4.69, 9.17) is 15.2 Å². The first-order valence-electron chi connectivity index (χ1n) is 32.6. The van der Waals surface area contributed by atoms with E-state index < -0.39 is 96.1 Å². The minimum Gasteiger partial charge on any atom is -0.481 e. The van der Waals surface area contributed by atoms with Gasteiger partial charge in [0, 0.05) is 83.5 Å². The second kappa shape index (κ2) is 40.0. The average molecular weight is 1290 g/mol. The molecule has 2 saturated heterocycles. The number of ether oxygens (including phenoxy) is 2. The maximum absolute atomic E-state index is 14.6. The Morgan fingerprint density at radius 2 is 1.46 bits per heavy atom. The lowest BCUT2D eigenvalue weighted by Gasteiger charge is -2.41. The third-order valence-electron chi connectivity index (χ3n) is 18.0. The molecule has 0 radical (unpaired) electrons. The topological polar surface area (TPSA) is 369 Å². The molecule has 0 saturated carbocycles. The monoisotopic (exact) mass is 1290 g/mol. The van der Waals surface area contributed by atoms with E-state index in [0.717, 1.165) is 5.56 Å². The number of amides is 9. The molecule has 9 N–H and O–H groups in total. The Balaban J connectivity index is 1.75. The van der Waals surface area contributed by atoms with E-state index in [1.54, 1.807) is 65.1 Å². The van der Waals surface area contributed by atoms with Gasteiger partial charge in [-0.15, -0.1) is 0 Å². The van der Waals surface area contributed by atoms with Crippen LogP contribution in [-0.2, 0) is 59.0 Å². The van der Waals surface area contributed by atoms with Crippen LogP contribution in [0.3, 0.4) is 0 Å². The van der Waals surface area contributed by atoms with E-state index in [9.17, 15) is 58.6 Å². The second-order valence-corrected chi connectivity index (χ2v) is 25.4. The van der Waals surface area contributed by atoms with E-state index in [0.29, 0.717) is 63.6 Å². The molecule has 1 aromatic carbocycles. The summed E-state index contributed by atoms with van der Waals surface area (Å²) in [4.78, 5) is 143. The summed E-state index contributed by atoms with van der Waals surface area (Å²) < 4.78 is 12.1. The van der Waals surface area contributed by atoms with Gasteiger partial charge in [0.05, 0.1) is 61.2 Å². The molecule has 0 bridgehead atoms. The van der Waals surface area contributed by atoms with E-state index in [1.165, 1.54) is 14.2 Å². The molecule has 92 heavy (non-hydrogen) atoms. The summed E-state index contributed by atoms with van der Waals surface area (Å²) in [6, 6.07) is 1.09. The fourth-order valence-corrected chi connectivity index (χ4v) is 12.6. The van der Waals surface area contributed by atoms with Crippen molar-refractivity contribution in [1.82, 2.24) is 46.2 Å². The van der Waals surface area contributed by atoms with Crippen LogP contribution < -0.4 is 37.6 Å². The fourth-order valence-electron chi connectivity index (χ4n) is 12.6. The third-order valence-corrected chi connectivity index (χ3v) is 18.0. The summed E-state index contributed by atoms with van der Waals surface area (Å²) in [7, 11) is 8.38. The van der Waals surface area contributed by atoms with Crippen LogP contribution in [0.5, 0.6) is 0 Å². The van der Waals surface area contributed by atoms with Gasteiger partial charge in [0.25, 0.3) is 0 Å². The van der Waals surface area contributed by atoms with Gasteiger partial charge in [-0.05, 0) is 99.5 Å². The largest absolute Gasteiger partial charge is 0.481 e. The number of aliphatic carboxylic acids is 1. The zero-order valence-electron chi connectivity index (χ0n) is 56.9. The summed E-state index contributed by atoms with van der Waals surface area (Å²) >= 11 is 0. The number of methoxy groups -OCH3 is 2. The molecule has 1 aromatic rings. The molecule has 11 atom stereocenters. The number of urea groups is 1. The molecule has 2 heterocycles. The van der Waals surface area contributed by atoms with E-state index in [-0.39, 0.29) is 111 Å². The maximum Gasteiger partial charge on any atom is 0.312 e. The molecular formula is C65H108N14O13. The van der Waals surface area contributed by atoms with Gasteiger partial charge in [-0.2, -0.15) is 0 Å². The summed E-state index contributed by atoms with van der Waals surface area (Å²) in [5.74, 6) is -5.64. The van der Waals surface area contributed by atoms with E-state index in [2.05, 4.69) is 41.9 Å². The van der Waals surface area contributed by atoms with Gasteiger partial charge in [0.1, 0.15) is 12.1 Å². The van der Waals surface area contributed by atoms with E-state index >= 15 is 0 Å². The van der Waals surface area contributed by atoms with Gasteiger partial charge in [-0.1, -0.05) is 111 Å². The van der Waals surface area contributed by atoms with Crippen LogP contribution in [0.4, 0.5) is 10.5 Å². The number of carboxylic acids is 1. The number of rotatable bonds is 40. The summed E-state index contributed by atoms with van der Waals surface area (Å²) in [5.41, 5.74) is 15.7. The lowest BCUT2D eigenvalue weighted by Crippen LogP contribution is -2.59. The number of Topliss-reactive ketones (excluding diaryl/α,β-unsaturated/α-hetero) is 1. The summed E-state index contributed by atoms with van der Waals surface area (Å²) in [5, 5.41) is 30.4. The number of carbonyl (C=O) groups excluding carboxylic acids is 9. The number of carbonyl (C=O) groups is 10. The molecule has 27 nitrogen and oxygen atoms in total. The first-order valence-corrected chi connectivity index (χ1v) is 32.6. The quantitative estimate of drug-likeness (QED) is 0.0144. The van der Waals surface area contributed by atoms with Crippen molar-refractivity contribution in [2.45, 2.75) is 194 Å². The highest BCUT2D eigenvalue weighted by atomic mass is 16.5. The zero-order chi connectivity index (χ0) is 68.9. The van der Waals surface area contributed by atoms with Crippen LogP contribution in [0.1, 0.15) is 139 Å². The van der Waals surface area contributed by atoms with Crippen molar-refractivity contribution >= 4 is 64.8 Å². The number of likely N-dealkylation sites (N-methyl/N-ethyl adjacent to an activating group) is 2. The number of ketones is 1. The Morgan fingerprint density at radius 3 is 2.00 bits per heavy atom. The molecule has 0 aliphatic carbocycles. The highest BCUT2D eigenvalue weighted by Gasteiger charge is 2.44. The predicted octanol–water partition coefficient (Wildman–Crippen LogP) is 4.78. The van der Waals surface area contributed by atoms with Crippen molar-refractivity contribution in [1.29, 1.82) is 0 Å². The minimum absolute atomic E-state index is 0.00668. The molecule has 516 valence electrons. The van der Waals surface area contributed by atoms with Gasteiger partial charge >= 0.3 is 12.0 Å². The number of nitrogens with two attached hydrogens (primary N) is 1. The molecular weight excluding hydrogens is 1180 g/mol. The van der Waals surface area contributed by atoms with Crippen molar-refractivity contribution < 1.29 is 62.5 Å². The number of primary amides is 1. The number of benzene rings is 1. The fraction of sp³-hybridized carbons (Fsp3) is 0.723. The maximum atomic E-state index is 14.6. The number of likely N-dealkylation sites (tertiary alicyclic amines) is 2. The molecule has 2 aliphatic heterocycles. The van der Waals surface area contributed by atoms with Crippen LogP contribution in [0.25, 0.3) is 10.4 Å². The standard InChI is InChI=1S/C65H108N14O13/c1-15-41(8)58(77(12)63(87)55(39(4)5)74-62(86)57(40(6)7)76(10)11)51(91-13)36-54(83)79-32-20-22-49(79)59(92-14)42(9)60(84)72-47(37-70-75-67)35-43-23-25-46(26-24-43)71-61(85)48(21-18-19-31-68-65(66)90)69-38-50(80)56(44(16-2)17-3)73-52(81)27-28-53(82)78-33-29-45(30-34-78)64(88)89/h18,21,23-26,39-42,44-45,47-49,51,55-59,69H,15-17,19-20,22,27-38H2,1-14H3,(H,71,85)(H,72,84)(H,73,81)(H,74,86)(H,88,89)(H3,66,68,90)/b21-18+/t41-,42+,47-,48?,49-,51+,55-,56-,57-,58?,59+/m0/s1. The molecule has 2 unspecified atom stereocenters. The van der Waals surface area contributed by atoms with Crippen LogP contribution in [0.15, 0.2) is 41.5 Å². The van der Waals surface area contributed by atoms with Crippen LogP contribution in [-0.4, -0.2) is 213 Å². The Bertz CT molecular complexity index is 2650. The molecule has 0 spiro atoms. The smallest absolute Gasteiger partial charge is 0.312 e. The van der Waals surface area contributed by atoms with Gasteiger partial charge in [-0.25, -0.2) is 4.79 Å². The number of hydrogen-bond acceptors (Lipinski definition) is 15. The molecule has 2 aliphatic rings. The number of hydrogen-bond donors (Lipinski definition) is 8. The first kappa shape index (κ1) is 79.0. The highest BCUT2D eigenvalue weighted by molar-refractivity contribution is 5.97. The van der Waals surface area contributed by atoms with Crippen molar-refractivity contribution in [3.05, 3.63) is 52.4 Å². The normalized spacial score (nSPS) is 17.8. The Morgan fingerprint density at radius 1 is 0.804 bits per heavy atom. The third kappa shape index (κ3) is 24.4. The molecule has 2 fully saturated rings. The zero-order valence-corrected chi connectivity index (χ0v) is 56.9. The summed E-state index contributed by atoms with van der Waals surface area (Å²) in [6.45, 7) is 18.0. The summed E-state index contributed by atoms with van der Waals surface area (Å²) in [6.07, 6.45) is 5.57. The molecule has 3 rings (SSSR count).